The monoisotopic (exact) mass is 545 g/mol. The fourth-order valence-corrected chi connectivity index (χ4v) is 5.50. The third kappa shape index (κ3) is 5.85. The number of aromatic nitrogens is 1. The number of benzene rings is 2. The molecule has 1 unspecified atom stereocenters. The second kappa shape index (κ2) is 11.6. The Kier molecular flexibility index (Phi) is 8.54. The zero-order valence-corrected chi connectivity index (χ0v) is 22.5. The minimum absolute atomic E-state index is 0.00570. The standard InChI is InChI=1S/C27H29Cl2N3O3S/c1-16(2)17-8-12-20(13-9-17)32(27(35)23-22(28)25(29)36-31-23)24(18-10-14-21(33)15-11-18)26(34)30-19-6-4-3-5-7-19/h8-16,19,24,33H,3-7H2,1-2H3,(H,30,34). The van der Waals surface area contributed by atoms with Gasteiger partial charge in [-0.15, -0.1) is 0 Å². The van der Waals surface area contributed by atoms with Crippen molar-refractivity contribution in [3.05, 3.63) is 74.7 Å². The van der Waals surface area contributed by atoms with Crippen LogP contribution in [-0.2, 0) is 4.79 Å². The highest BCUT2D eigenvalue weighted by Crippen LogP contribution is 2.36. The third-order valence-corrected chi connectivity index (χ3v) is 8.13. The van der Waals surface area contributed by atoms with E-state index in [1.54, 1.807) is 12.1 Å². The number of nitrogens with one attached hydrogen (secondary N) is 1. The Morgan fingerprint density at radius 1 is 1.00 bits per heavy atom. The summed E-state index contributed by atoms with van der Waals surface area (Å²) in [5, 5.41) is 13.1. The average molecular weight is 547 g/mol. The first-order chi connectivity index (χ1) is 17.3. The van der Waals surface area contributed by atoms with E-state index in [4.69, 9.17) is 23.2 Å². The van der Waals surface area contributed by atoms with Gasteiger partial charge in [-0.3, -0.25) is 14.5 Å². The number of hydrogen-bond donors (Lipinski definition) is 2. The van der Waals surface area contributed by atoms with Crippen molar-refractivity contribution >= 4 is 52.2 Å². The second-order valence-corrected chi connectivity index (χ2v) is 11.1. The maximum absolute atomic E-state index is 14.0. The van der Waals surface area contributed by atoms with Gasteiger partial charge >= 0.3 is 0 Å². The number of hydrogen-bond acceptors (Lipinski definition) is 5. The summed E-state index contributed by atoms with van der Waals surface area (Å²) in [5.41, 5.74) is 2.18. The fraction of sp³-hybridized carbons (Fsp3) is 0.370. The van der Waals surface area contributed by atoms with Gasteiger partial charge in [-0.1, -0.05) is 80.6 Å². The number of halogens is 2. The Morgan fingerprint density at radius 2 is 1.61 bits per heavy atom. The molecule has 1 aliphatic rings. The maximum Gasteiger partial charge on any atom is 0.280 e. The van der Waals surface area contributed by atoms with Gasteiger partial charge in [0.25, 0.3) is 5.91 Å². The smallest absolute Gasteiger partial charge is 0.280 e. The lowest BCUT2D eigenvalue weighted by molar-refractivity contribution is -0.123. The number of anilines is 1. The van der Waals surface area contributed by atoms with Gasteiger partial charge < -0.3 is 10.4 Å². The molecule has 0 radical (unpaired) electrons. The molecule has 36 heavy (non-hydrogen) atoms. The molecule has 2 amide bonds. The first-order valence-corrected chi connectivity index (χ1v) is 13.6. The van der Waals surface area contributed by atoms with Gasteiger partial charge in [0, 0.05) is 11.7 Å². The van der Waals surface area contributed by atoms with Crippen molar-refractivity contribution in [3.63, 3.8) is 0 Å². The largest absolute Gasteiger partial charge is 0.508 e. The number of rotatable bonds is 7. The van der Waals surface area contributed by atoms with Crippen LogP contribution >= 0.6 is 34.7 Å². The van der Waals surface area contributed by atoms with E-state index in [9.17, 15) is 14.7 Å². The van der Waals surface area contributed by atoms with E-state index < -0.39 is 11.9 Å². The van der Waals surface area contributed by atoms with Crippen LogP contribution in [0.3, 0.4) is 0 Å². The van der Waals surface area contributed by atoms with Crippen LogP contribution in [0, 0.1) is 0 Å². The summed E-state index contributed by atoms with van der Waals surface area (Å²) in [6, 6.07) is 12.9. The van der Waals surface area contributed by atoms with Crippen LogP contribution in [0.5, 0.6) is 5.75 Å². The van der Waals surface area contributed by atoms with Gasteiger partial charge in [-0.05, 0) is 65.7 Å². The van der Waals surface area contributed by atoms with Crippen molar-refractivity contribution in [1.29, 1.82) is 0 Å². The summed E-state index contributed by atoms with van der Waals surface area (Å²) < 4.78 is 4.40. The van der Waals surface area contributed by atoms with Crippen LogP contribution in [0.25, 0.3) is 0 Å². The third-order valence-electron chi connectivity index (χ3n) is 6.52. The van der Waals surface area contributed by atoms with Gasteiger partial charge in [0.1, 0.15) is 21.2 Å². The number of phenolic OH excluding ortho intramolecular Hbond substituents is 1. The van der Waals surface area contributed by atoms with E-state index >= 15 is 0 Å². The molecule has 190 valence electrons. The van der Waals surface area contributed by atoms with Crippen LogP contribution in [-0.4, -0.2) is 27.3 Å². The molecule has 1 atom stereocenters. The molecule has 1 fully saturated rings. The first-order valence-electron chi connectivity index (χ1n) is 12.1. The molecule has 4 rings (SSSR count). The Balaban J connectivity index is 1.82. The molecule has 3 aromatic rings. The molecule has 1 aromatic heterocycles. The topological polar surface area (TPSA) is 82.5 Å². The highest BCUT2D eigenvalue weighted by molar-refractivity contribution is 7.11. The minimum Gasteiger partial charge on any atom is -0.508 e. The Morgan fingerprint density at radius 3 is 2.17 bits per heavy atom. The second-order valence-electron chi connectivity index (χ2n) is 9.38. The number of nitrogens with zero attached hydrogens (tertiary/aromatic N) is 2. The molecule has 0 saturated heterocycles. The van der Waals surface area contributed by atoms with Gasteiger partial charge in [0.05, 0.1) is 0 Å². The fourth-order valence-electron chi connectivity index (χ4n) is 4.51. The first kappa shape index (κ1) is 26.5. The van der Waals surface area contributed by atoms with E-state index in [1.807, 2.05) is 24.3 Å². The maximum atomic E-state index is 14.0. The molecule has 0 aliphatic heterocycles. The van der Waals surface area contributed by atoms with Crippen molar-refractivity contribution in [1.82, 2.24) is 9.69 Å². The van der Waals surface area contributed by atoms with Crippen molar-refractivity contribution in [3.8, 4) is 5.75 Å². The van der Waals surface area contributed by atoms with Crippen LogP contribution in [0.1, 0.15) is 79.5 Å². The Labute approximate surface area is 225 Å². The van der Waals surface area contributed by atoms with Gasteiger partial charge in [0.2, 0.25) is 5.91 Å². The van der Waals surface area contributed by atoms with Gasteiger partial charge in [-0.25, -0.2) is 0 Å². The Bertz CT molecular complexity index is 1210. The van der Waals surface area contributed by atoms with Gasteiger partial charge in [-0.2, -0.15) is 4.37 Å². The normalized spacial score (nSPS) is 15.0. The summed E-state index contributed by atoms with van der Waals surface area (Å²) in [4.78, 5) is 29.3. The SMILES string of the molecule is CC(C)c1ccc(N(C(=O)c2nsc(Cl)c2Cl)C(C(=O)NC2CCCCC2)c2ccc(O)cc2)cc1. The van der Waals surface area contributed by atoms with Crippen molar-refractivity contribution in [2.24, 2.45) is 0 Å². The van der Waals surface area contributed by atoms with Crippen molar-refractivity contribution in [2.45, 2.75) is 64.0 Å². The average Bonchev–Trinajstić information content (AvgIpc) is 3.21. The highest BCUT2D eigenvalue weighted by atomic mass is 35.5. The molecule has 1 aliphatic carbocycles. The lowest BCUT2D eigenvalue weighted by Crippen LogP contribution is -2.47. The predicted molar refractivity (Wildman–Crippen MR) is 145 cm³/mol. The molecule has 0 bridgehead atoms. The summed E-state index contributed by atoms with van der Waals surface area (Å²) in [6.07, 6.45) is 5.07. The molecule has 0 spiro atoms. The lowest BCUT2D eigenvalue weighted by atomic mass is 9.94. The number of carbonyl (C=O) groups is 2. The molecule has 2 aromatic carbocycles. The number of phenols is 1. The zero-order valence-electron chi connectivity index (χ0n) is 20.2. The molecular formula is C27H29Cl2N3O3S. The summed E-state index contributed by atoms with van der Waals surface area (Å²) in [5.74, 6) is -0.459. The van der Waals surface area contributed by atoms with Crippen LogP contribution in [0.2, 0.25) is 9.36 Å². The summed E-state index contributed by atoms with van der Waals surface area (Å²) in [6.45, 7) is 4.18. The molecule has 6 nitrogen and oxygen atoms in total. The number of amides is 2. The van der Waals surface area contributed by atoms with Crippen molar-refractivity contribution in [2.75, 3.05) is 4.90 Å². The minimum atomic E-state index is -1.01. The quantitative estimate of drug-likeness (QED) is 0.331. The van der Waals surface area contributed by atoms with Crippen molar-refractivity contribution < 1.29 is 14.7 Å². The van der Waals surface area contributed by atoms with Gasteiger partial charge in [0.15, 0.2) is 5.69 Å². The molecule has 1 heterocycles. The van der Waals surface area contributed by atoms with E-state index in [0.717, 1.165) is 49.2 Å². The molecular weight excluding hydrogens is 517 g/mol. The van der Waals surface area contributed by atoms with Crippen LogP contribution in [0.4, 0.5) is 5.69 Å². The van der Waals surface area contributed by atoms with E-state index in [2.05, 4.69) is 23.5 Å². The summed E-state index contributed by atoms with van der Waals surface area (Å²) in [7, 11) is 0. The highest BCUT2D eigenvalue weighted by Gasteiger charge is 2.36. The zero-order chi connectivity index (χ0) is 25.8. The predicted octanol–water partition coefficient (Wildman–Crippen LogP) is 7.12. The van der Waals surface area contributed by atoms with Crippen LogP contribution in [0.15, 0.2) is 48.5 Å². The number of aromatic hydroxyl groups is 1. The van der Waals surface area contributed by atoms with Crippen LogP contribution < -0.4 is 10.2 Å². The molecule has 1 saturated carbocycles. The lowest BCUT2D eigenvalue weighted by Gasteiger charge is -2.33. The van der Waals surface area contributed by atoms with E-state index in [0.29, 0.717) is 17.2 Å². The van der Waals surface area contributed by atoms with E-state index in [-0.39, 0.29) is 32.8 Å². The molecule has 2 N–H and O–H groups in total. The molecule has 9 heteroatoms. The Hall–Kier alpha value is -2.61. The number of carbonyl (C=O) groups excluding carboxylic acids is 2. The van der Waals surface area contributed by atoms with E-state index in [1.165, 1.54) is 17.0 Å². The summed E-state index contributed by atoms with van der Waals surface area (Å²) >= 11 is 13.4.